The van der Waals surface area contributed by atoms with Gasteiger partial charge >= 0.3 is 0 Å². The van der Waals surface area contributed by atoms with Crippen LogP contribution in [0, 0.1) is 24.0 Å². The Labute approximate surface area is 173 Å². The maximum Gasteiger partial charge on any atom is 0.270 e. The fourth-order valence-electron chi connectivity index (χ4n) is 3.50. The summed E-state index contributed by atoms with van der Waals surface area (Å²) in [6, 6.07) is 12.9. The zero-order valence-corrected chi connectivity index (χ0v) is 17.3. The van der Waals surface area contributed by atoms with Crippen LogP contribution < -0.4 is 4.80 Å². The summed E-state index contributed by atoms with van der Waals surface area (Å²) in [6.45, 7) is 5.64. The van der Waals surface area contributed by atoms with E-state index in [2.05, 4.69) is 30.5 Å². The molecule has 29 heavy (non-hydrogen) atoms. The van der Waals surface area contributed by atoms with Crippen molar-refractivity contribution in [2.24, 2.45) is 4.99 Å². The highest BCUT2D eigenvalue weighted by Gasteiger charge is 2.20. The Morgan fingerprint density at radius 1 is 1.24 bits per heavy atom. The van der Waals surface area contributed by atoms with Crippen molar-refractivity contribution in [2.75, 3.05) is 6.61 Å². The second-order valence-electron chi connectivity index (χ2n) is 7.34. The van der Waals surface area contributed by atoms with Crippen LogP contribution in [-0.2, 0) is 11.3 Å². The van der Waals surface area contributed by atoms with Crippen molar-refractivity contribution in [1.82, 2.24) is 4.57 Å². The van der Waals surface area contributed by atoms with Crippen LogP contribution in [0.4, 0.5) is 11.4 Å². The Kier molecular flexibility index (Phi) is 5.60. The van der Waals surface area contributed by atoms with Gasteiger partial charge in [-0.25, -0.2) is 4.99 Å². The summed E-state index contributed by atoms with van der Waals surface area (Å²) in [5.41, 5.74) is 5.17. The van der Waals surface area contributed by atoms with E-state index < -0.39 is 0 Å². The van der Waals surface area contributed by atoms with Crippen LogP contribution >= 0.6 is 11.3 Å². The summed E-state index contributed by atoms with van der Waals surface area (Å²) in [5, 5.41) is 13.2. The minimum absolute atomic E-state index is 0.0880. The van der Waals surface area contributed by atoms with E-state index in [1.165, 1.54) is 17.2 Å². The van der Waals surface area contributed by atoms with E-state index in [-0.39, 0.29) is 16.7 Å². The molecule has 6 nitrogen and oxygen atoms in total. The molecule has 0 saturated carbocycles. The van der Waals surface area contributed by atoms with Crippen molar-refractivity contribution < 1.29 is 9.66 Å². The fourth-order valence-corrected chi connectivity index (χ4v) is 4.44. The molecule has 0 bridgehead atoms. The molecular formula is C22H23N3O3S. The molecule has 1 fully saturated rings. The smallest absolute Gasteiger partial charge is 0.270 e. The minimum atomic E-state index is -0.360. The third-order valence-electron chi connectivity index (χ3n) is 5.28. The van der Waals surface area contributed by atoms with E-state index in [4.69, 9.17) is 9.73 Å². The first-order chi connectivity index (χ1) is 14.0. The molecule has 1 aromatic heterocycles. The molecule has 1 unspecified atom stereocenters. The molecule has 3 aromatic rings. The number of benzene rings is 2. The summed E-state index contributed by atoms with van der Waals surface area (Å²) < 4.78 is 7.99. The Morgan fingerprint density at radius 2 is 2.10 bits per heavy atom. The Balaban J connectivity index is 1.81. The van der Waals surface area contributed by atoms with Crippen molar-refractivity contribution in [2.45, 2.75) is 39.3 Å². The molecule has 1 atom stereocenters. The number of nitro benzene ring substituents is 1. The highest BCUT2D eigenvalue weighted by molar-refractivity contribution is 7.07. The first-order valence-corrected chi connectivity index (χ1v) is 10.6. The number of nitro groups is 1. The lowest BCUT2D eigenvalue weighted by Crippen LogP contribution is -2.24. The van der Waals surface area contributed by atoms with Gasteiger partial charge in [-0.3, -0.25) is 10.1 Å². The fraction of sp³-hybridized carbons (Fsp3) is 0.318. The normalized spacial score (nSPS) is 17.0. The van der Waals surface area contributed by atoms with Gasteiger partial charge in [-0.2, -0.15) is 0 Å². The van der Waals surface area contributed by atoms with Crippen molar-refractivity contribution >= 4 is 22.7 Å². The van der Waals surface area contributed by atoms with Crippen molar-refractivity contribution in [3.63, 3.8) is 0 Å². The SMILES string of the molecule is Cc1ccc(N=c2scc(-c3cccc([N+](=O)[O-])c3)n2CC2CCCO2)cc1C. The maximum absolute atomic E-state index is 11.2. The van der Waals surface area contributed by atoms with Crippen LogP contribution in [-0.4, -0.2) is 22.2 Å². The van der Waals surface area contributed by atoms with Crippen LogP contribution in [0.1, 0.15) is 24.0 Å². The van der Waals surface area contributed by atoms with Crippen LogP contribution in [0.25, 0.3) is 11.3 Å². The second kappa shape index (κ2) is 8.31. The van der Waals surface area contributed by atoms with Gasteiger partial charge in [0.2, 0.25) is 0 Å². The highest BCUT2D eigenvalue weighted by Crippen LogP contribution is 2.26. The predicted octanol–water partition coefficient (Wildman–Crippen LogP) is 5.15. The molecule has 0 spiro atoms. The number of non-ortho nitro benzene ring substituents is 1. The standard InChI is InChI=1S/C22H23N3O3S/c1-15-8-9-18(11-16(15)2)23-22-24(13-20-7-4-10-28-20)21(14-29-22)17-5-3-6-19(12-17)25(26)27/h3,5-6,8-9,11-12,14,20H,4,7,10,13H2,1-2H3. The average molecular weight is 410 g/mol. The number of hydrogen-bond donors (Lipinski definition) is 0. The van der Waals surface area contributed by atoms with Gasteiger partial charge in [0, 0.05) is 29.7 Å². The first-order valence-electron chi connectivity index (χ1n) is 9.68. The molecular weight excluding hydrogens is 386 g/mol. The summed E-state index contributed by atoms with van der Waals surface area (Å²) in [6.07, 6.45) is 2.21. The number of aryl methyl sites for hydroxylation is 2. The number of thiazole rings is 1. The van der Waals surface area contributed by atoms with Crippen LogP contribution in [0.5, 0.6) is 0 Å². The number of rotatable bonds is 5. The van der Waals surface area contributed by atoms with Gasteiger partial charge in [0.15, 0.2) is 4.80 Å². The molecule has 2 aromatic carbocycles. The quantitative estimate of drug-likeness (QED) is 0.432. The van der Waals surface area contributed by atoms with Gasteiger partial charge in [-0.1, -0.05) is 18.2 Å². The number of hydrogen-bond acceptors (Lipinski definition) is 5. The Morgan fingerprint density at radius 3 is 2.83 bits per heavy atom. The first kappa shape index (κ1) is 19.5. The zero-order valence-electron chi connectivity index (χ0n) is 16.5. The molecule has 1 saturated heterocycles. The molecule has 0 amide bonds. The molecule has 4 rings (SSSR count). The lowest BCUT2D eigenvalue weighted by Gasteiger charge is -2.14. The molecule has 1 aliphatic rings. The van der Waals surface area contributed by atoms with E-state index in [1.807, 2.05) is 17.5 Å². The second-order valence-corrected chi connectivity index (χ2v) is 8.17. The summed E-state index contributed by atoms with van der Waals surface area (Å²) in [7, 11) is 0. The summed E-state index contributed by atoms with van der Waals surface area (Å²) in [5.74, 6) is 0. The number of nitrogens with zero attached hydrogens (tertiary/aromatic N) is 3. The molecule has 0 N–H and O–H groups in total. The Hall–Kier alpha value is -2.77. The number of ether oxygens (including phenoxy) is 1. The number of aromatic nitrogens is 1. The molecule has 1 aliphatic heterocycles. The van der Waals surface area contributed by atoms with Gasteiger partial charge in [0.1, 0.15) is 0 Å². The van der Waals surface area contributed by atoms with Gasteiger partial charge in [0.25, 0.3) is 5.69 Å². The van der Waals surface area contributed by atoms with E-state index in [0.29, 0.717) is 6.54 Å². The Bertz CT molecular complexity index is 1110. The minimum Gasteiger partial charge on any atom is -0.376 e. The van der Waals surface area contributed by atoms with Crippen LogP contribution in [0.3, 0.4) is 0 Å². The topological polar surface area (TPSA) is 69.7 Å². The third-order valence-corrected chi connectivity index (χ3v) is 6.14. The zero-order chi connectivity index (χ0) is 20.4. The summed E-state index contributed by atoms with van der Waals surface area (Å²) >= 11 is 1.54. The maximum atomic E-state index is 11.2. The van der Waals surface area contributed by atoms with Crippen molar-refractivity contribution in [1.29, 1.82) is 0 Å². The molecule has 150 valence electrons. The van der Waals surface area contributed by atoms with E-state index in [0.717, 1.165) is 41.2 Å². The summed E-state index contributed by atoms with van der Waals surface area (Å²) in [4.78, 5) is 16.6. The lowest BCUT2D eigenvalue weighted by atomic mass is 10.1. The van der Waals surface area contributed by atoms with E-state index in [9.17, 15) is 10.1 Å². The molecule has 0 aliphatic carbocycles. The van der Waals surface area contributed by atoms with Gasteiger partial charge < -0.3 is 9.30 Å². The molecule has 2 heterocycles. The van der Waals surface area contributed by atoms with Gasteiger partial charge in [0.05, 0.1) is 29.0 Å². The highest BCUT2D eigenvalue weighted by atomic mass is 32.1. The third kappa shape index (κ3) is 4.31. The van der Waals surface area contributed by atoms with Crippen molar-refractivity contribution in [3.05, 3.63) is 73.9 Å². The average Bonchev–Trinajstić information content (AvgIpc) is 3.36. The van der Waals surface area contributed by atoms with E-state index >= 15 is 0 Å². The predicted molar refractivity (Wildman–Crippen MR) is 115 cm³/mol. The van der Waals surface area contributed by atoms with Gasteiger partial charge in [-0.15, -0.1) is 11.3 Å². The van der Waals surface area contributed by atoms with Crippen molar-refractivity contribution in [3.8, 4) is 11.3 Å². The largest absolute Gasteiger partial charge is 0.376 e. The van der Waals surface area contributed by atoms with Crippen LogP contribution in [0.15, 0.2) is 52.8 Å². The molecule has 0 radical (unpaired) electrons. The van der Waals surface area contributed by atoms with Gasteiger partial charge in [-0.05, 0) is 49.9 Å². The monoisotopic (exact) mass is 409 g/mol. The molecule has 7 heteroatoms. The lowest BCUT2D eigenvalue weighted by molar-refractivity contribution is -0.384. The van der Waals surface area contributed by atoms with Crippen LogP contribution in [0.2, 0.25) is 0 Å². The van der Waals surface area contributed by atoms with E-state index in [1.54, 1.807) is 23.5 Å².